The van der Waals surface area contributed by atoms with Crippen molar-refractivity contribution in [3.8, 4) is 11.1 Å². The molecule has 0 heterocycles. The molecule has 76 valence electrons. The lowest BCUT2D eigenvalue weighted by molar-refractivity contribution is 0.629. The minimum Gasteiger partial charge on any atom is -0.326 e. The van der Waals surface area contributed by atoms with Gasteiger partial charge in [-0.3, -0.25) is 0 Å². The average Bonchev–Trinajstić information content (AvgIpc) is 2.29. The number of nitrogens with two attached hydrogens (primary N) is 1. The Balaban J connectivity index is 2.61. The minimum absolute atomic E-state index is 0.218. The maximum Gasteiger partial charge on any atom is 0.131 e. The Kier molecular flexibility index (Phi) is 2.79. The van der Waals surface area contributed by atoms with Crippen molar-refractivity contribution in [2.45, 2.75) is 6.54 Å². The van der Waals surface area contributed by atoms with Gasteiger partial charge in [0.15, 0.2) is 0 Å². The lowest BCUT2D eigenvalue weighted by atomic mass is 9.99. The van der Waals surface area contributed by atoms with Crippen LogP contribution in [0.1, 0.15) is 5.56 Å². The molecule has 2 aromatic rings. The van der Waals surface area contributed by atoms with Gasteiger partial charge in [0.2, 0.25) is 0 Å². The highest BCUT2D eigenvalue weighted by atomic mass is 19.1. The van der Waals surface area contributed by atoms with E-state index in [4.69, 9.17) is 5.73 Å². The molecule has 0 aromatic heterocycles. The first-order valence-corrected chi connectivity index (χ1v) is 4.86. The molecule has 0 aliphatic carbocycles. The normalized spacial score (nSPS) is 10.3. The van der Waals surface area contributed by atoms with Crippen LogP contribution < -0.4 is 5.73 Å². The summed E-state index contributed by atoms with van der Waals surface area (Å²) in [4.78, 5) is 0. The van der Waals surface area contributed by atoms with E-state index in [2.05, 4.69) is 0 Å². The third-order valence-corrected chi connectivity index (χ3v) is 2.38. The van der Waals surface area contributed by atoms with E-state index in [1.165, 1.54) is 6.07 Å². The Bertz CT molecular complexity index is 451. The fraction of sp³-hybridized carbons (Fsp3) is 0.0769. The van der Waals surface area contributed by atoms with Gasteiger partial charge in [-0.05, 0) is 17.2 Å². The van der Waals surface area contributed by atoms with Crippen LogP contribution in [0.5, 0.6) is 0 Å². The maximum absolute atomic E-state index is 13.7. The first-order chi connectivity index (χ1) is 7.33. The smallest absolute Gasteiger partial charge is 0.131 e. The highest BCUT2D eigenvalue weighted by Crippen LogP contribution is 2.26. The second-order valence-electron chi connectivity index (χ2n) is 3.34. The van der Waals surface area contributed by atoms with E-state index >= 15 is 0 Å². The Morgan fingerprint density at radius 3 is 2.33 bits per heavy atom. The first-order valence-electron chi connectivity index (χ1n) is 4.86. The van der Waals surface area contributed by atoms with Gasteiger partial charge in [0, 0.05) is 12.1 Å². The molecule has 15 heavy (non-hydrogen) atoms. The zero-order chi connectivity index (χ0) is 10.7. The molecule has 0 fully saturated rings. The van der Waals surface area contributed by atoms with Crippen LogP contribution in [0.25, 0.3) is 11.1 Å². The molecule has 0 aliphatic rings. The number of halogens is 1. The fourth-order valence-electron chi connectivity index (χ4n) is 1.67. The van der Waals surface area contributed by atoms with Crippen molar-refractivity contribution in [2.24, 2.45) is 5.73 Å². The topological polar surface area (TPSA) is 26.0 Å². The Morgan fingerprint density at radius 1 is 0.933 bits per heavy atom. The monoisotopic (exact) mass is 201 g/mol. The van der Waals surface area contributed by atoms with E-state index in [0.29, 0.717) is 12.1 Å². The quantitative estimate of drug-likeness (QED) is 0.794. The molecule has 0 atom stereocenters. The molecule has 0 spiro atoms. The highest BCUT2D eigenvalue weighted by Gasteiger charge is 2.08. The summed E-state index contributed by atoms with van der Waals surface area (Å²) >= 11 is 0. The molecular weight excluding hydrogens is 189 g/mol. The third-order valence-electron chi connectivity index (χ3n) is 2.38. The Labute approximate surface area is 88.4 Å². The van der Waals surface area contributed by atoms with Gasteiger partial charge < -0.3 is 5.73 Å². The van der Waals surface area contributed by atoms with E-state index in [9.17, 15) is 4.39 Å². The third kappa shape index (κ3) is 1.90. The first kappa shape index (κ1) is 9.87. The molecule has 2 aromatic carbocycles. The average molecular weight is 201 g/mol. The van der Waals surface area contributed by atoms with Gasteiger partial charge in [-0.1, -0.05) is 42.5 Å². The second-order valence-corrected chi connectivity index (χ2v) is 3.34. The van der Waals surface area contributed by atoms with Gasteiger partial charge in [-0.15, -0.1) is 0 Å². The molecule has 2 N–H and O–H groups in total. The van der Waals surface area contributed by atoms with Crippen LogP contribution in [-0.4, -0.2) is 0 Å². The van der Waals surface area contributed by atoms with Crippen LogP contribution in [0, 0.1) is 5.82 Å². The highest BCUT2D eigenvalue weighted by molar-refractivity contribution is 5.67. The van der Waals surface area contributed by atoms with Gasteiger partial charge in [0.25, 0.3) is 0 Å². The lowest BCUT2D eigenvalue weighted by Gasteiger charge is -2.08. The van der Waals surface area contributed by atoms with Crippen LogP contribution in [0.15, 0.2) is 48.5 Å². The van der Waals surface area contributed by atoms with E-state index in [1.807, 2.05) is 36.4 Å². The van der Waals surface area contributed by atoms with Crippen molar-refractivity contribution in [1.29, 1.82) is 0 Å². The van der Waals surface area contributed by atoms with Gasteiger partial charge in [-0.2, -0.15) is 0 Å². The predicted molar refractivity (Wildman–Crippen MR) is 59.7 cm³/mol. The second kappa shape index (κ2) is 4.24. The minimum atomic E-state index is -0.218. The molecule has 0 bridgehead atoms. The molecule has 0 saturated heterocycles. The molecule has 2 rings (SSSR count). The van der Waals surface area contributed by atoms with Crippen molar-refractivity contribution in [3.05, 3.63) is 59.9 Å². The number of hydrogen-bond acceptors (Lipinski definition) is 1. The molecule has 0 unspecified atom stereocenters. The van der Waals surface area contributed by atoms with Crippen LogP contribution in [0.2, 0.25) is 0 Å². The molecule has 0 saturated carbocycles. The molecule has 0 radical (unpaired) electrons. The molecule has 2 heteroatoms. The van der Waals surface area contributed by atoms with Crippen LogP contribution in [0.3, 0.4) is 0 Å². The van der Waals surface area contributed by atoms with E-state index < -0.39 is 0 Å². The summed E-state index contributed by atoms with van der Waals surface area (Å²) in [5.41, 5.74) is 7.91. The van der Waals surface area contributed by atoms with Crippen molar-refractivity contribution in [1.82, 2.24) is 0 Å². The summed E-state index contributed by atoms with van der Waals surface area (Å²) in [5, 5.41) is 0. The summed E-state index contributed by atoms with van der Waals surface area (Å²) in [5.74, 6) is -0.218. The summed E-state index contributed by atoms with van der Waals surface area (Å²) in [6.45, 7) is 0.349. The fourth-order valence-corrected chi connectivity index (χ4v) is 1.67. The van der Waals surface area contributed by atoms with E-state index in [-0.39, 0.29) is 5.82 Å². The molecule has 1 nitrogen and oxygen atoms in total. The summed E-state index contributed by atoms with van der Waals surface area (Å²) in [6.07, 6.45) is 0. The number of hydrogen-bond donors (Lipinski definition) is 1. The Morgan fingerprint density at radius 2 is 1.67 bits per heavy atom. The standard InChI is InChI=1S/C13H12FN/c14-12-8-4-7-11(9-15)13(12)10-5-2-1-3-6-10/h1-8H,9,15H2. The lowest BCUT2D eigenvalue weighted by Crippen LogP contribution is -2.00. The molecule has 0 aliphatic heterocycles. The maximum atomic E-state index is 13.7. The van der Waals surface area contributed by atoms with Crippen LogP contribution >= 0.6 is 0 Å². The summed E-state index contributed by atoms with van der Waals surface area (Å²) in [7, 11) is 0. The van der Waals surface area contributed by atoms with Gasteiger partial charge in [0.1, 0.15) is 5.82 Å². The summed E-state index contributed by atoms with van der Waals surface area (Å²) in [6, 6.07) is 14.5. The van der Waals surface area contributed by atoms with Gasteiger partial charge in [0.05, 0.1) is 0 Å². The van der Waals surface area contributed by atoms with E-state index in [1.54, 1.807) is 6.07 Å². The number of rotatable bonds is 2. The SMILES string of the molecule is NCc1cccc(F)c1-c1ccccc1. The largest absolute Gasteiger partial charge is 0.326 e. The Hall–Kier alpha value is -1.67. The van der Waals surface area contributed by atoms with Gasteiger partial charge in [-0.25, -0.2) is 4.39 Å². The zero-order valence-corrected chi connectivity index (χ0v) is 8.28. The van der Waals surface area contributed by atoms with Crippen molar-refractivity contribution < 1.29 is 4.39 Å². The predicted octanol–water partition coefficient (Wildman–Crippen LogP) is 2.95. The zero-order valence-electron chi connectivity index (χ0n) is 8.28. The van der Waals surface area contributed by atoms with Gasteiger partial charge >= 0.3 is 0 Å². The van der Waals surface area contributed by atoms with Crippen molar-refractivity contribution in [3.63, 3.8) is 0 Å². The van der Waals surface area contributed by atoms with Crippen LogP contribution in [-0.2, 0) is 6.54 Å². The number of benzene rings is 2. The van der Waals surface area contributed by atoms with E-state index in [0.717, 1.165) is 11.1 Å². The molecular formula is C13H12FN. The van der Waals surface area contributed by atoms with Crippen molar-refractivity contribution in [2.75, 3.05) is 0 Å². The van der Waals surface area contributed by atoms with Crippen molar-refractivity contribution >= 4 is 0 Å². The summed E-state index contributed by atoms with van der Waals surface area (Å²) < 4.78 is 13.7. The van der Waals surface area contributed by atoms with Crippen LogP contribution in [0.4, 0.5) is 4.39 Å². The molecule has 0 amide bonds.